The van der Waals surface area contributed by atoms with Gasteiger partial charge in [-0.2, -0.15) is 0 Å². The zero-order chi connectivity index (χ0) is 21.9. The van der Waals surface area contributed by atoms with Gasteiger partial charge in [-0.25, -0.2) is 23.5 Å². The predicted molar refractivity (Wildman–Crippen MR) is 116 cm³/mol. The minimum Gasteiger partial charge on any atom is -0.383 e. The van der Waals surface area contributed by atoms with Gasteiger partial charge in [-0.3, -0.25) is 4.98 Å². The van der Waals surface area contributed by atoms with Crippen LogP contribution in [0.25, 0.3) is 0 Å². The van der Waals surface area contributed by atoms with Crippen LogP contribution in [0.2, 0.25) is 0 Å². The van der Waals surface area contributed by atoms with Crippen LogP contribution in [0.4, 0.5) is 10.5 Å². The zero-order valence-corrected chi connectivity index (χ0v) is 19.2. The molecule has 0 aromatic carbocycles. The maximum Gasteiger partial charge on any atom is 0.331 e. The first-order valence-electron chi connectivity index (χ1n) is 10.00. The van der Waals surface area contributed by atoms with E-state index in [1.54, 1.807) is 13.8 Å². The summed E-state index contributed by atoms with van der Waals surface area (Å²) in [6, 6.07) is -0.680. The van der Waals surface area contributed by atoms with Gasteiger partial charge in [0.1, 0.15) is 14.8 Å². The van der Waals surface area contributed by atoms with E-state index in [1.807, 2.05) is 0 Å². The van der Waals surface area contributed by atoms with Crippen molar-refractivity contribution in [3.8, 4) is 0 Å². The van der Waals surface area contributed by atoms with E-state index in [4.69, 9.17) is 9.76 Å². The number of carbonyl (C=O) groups excluding carboxylic acids is 1. The first kappa shape index (κ1) is 21.2. The lowest BCUT2D eigenvalue weighted by Gasteiger charge is -2.21. The molecule has 0 saturated heterocycles. The fraction of sp³-hybridized carbons (Fsp3) is 0.550. The van der Waals surface area contributed by atoms with E-state index in [0.717, 1.165) is 71.6 Å². The molecule has 2 heterocycles. The number of urea groups is 1. The summed E-state index contributed by atoms with van der Waals surface area (Å²) in [6.07, 6.45) is 5.81. The van der Waals surface area contributed by atoms with Crippen LogP contribution >= 0.6 is 11.3 Å². The Balaban J connectivity index is 1.60. The number of pyridine rings is 1. The highest BCUT2D eigenvalue weighted by Crippen LogP contribution is 2.44. The van der Waals surface area contributed by atoms with Crippen molar-refractivity contribution >= 4 is 33.0 Å². The average Bonchev–Trinajstić information content (AvgIpc) is 3.33. The van der Waals surface area contributed by atoms with E-state index in [0.29, 0.717) is 5.01 Å². The van der Waals surface area contributed by atoms with Crippen LogP contribution in [0.3, 0.4) is 0 Å². The molecule has 2 aliphatic rings. The van der Waals surface area contributed by atoms with Gasteiger partial charge >= 0.3 is 6.03 Å². The summed E-state index contributed by atoms with van der Waals surface area (Å²) in [7, 11) is -3.60. The molecule has 2 aromatic rings. The van der Waals surface area contributed by atoms with Gasteiger partial charge in [0.05, 0.1) is 17.6 Å². The van der Waals surface area contributed by atoms with Gasteiger partial charge < -0.3 is 10.4 Å². The smallest absolute Gasteiger partial charge is 0.331 e. The van der Waals surface area contributed by atoms with Crippen molar-refractivity contribution in [3.05, 3.63) is 33.7 Å². The van der Waals surface area contributed by atoms with Gasteiger partial charge in [0.15, 0.2) is 9.92 Å². The molecule has 0 spiro atoms. The molecule has 10 heteroatoms. The van der Waals surface area contributed by atoms with Crippen molar-refractivity contribution in [3.63, 3.8) is 0 Å². The van der Waals surface area contributed by atoms with Gasteiger partial charge in [0.25, 0.3) is 0 Å². The Morgan fingerprint density at radius 1 is 1.30 bits per heavy atom. The normalized spacial score (nSPS) is 19.1. The molecular formula is C20H27N5O3S2. The fourth-order valence-corrected chi connectivity index (χ4v) is 6.22. The van der Waals surface area contributed by atoms with Gasteiger partial charge in [-0.05, 0) is 57.1 Å². The van der Waals surface area contributed by atoms with Crippen molar-refractivity contribution in [1.82, 2.24) is 14.7 Å². The zero-order valence-electron chi connectivity index (χ0n) is 17.6. The topological polar surface area (TPSA) is 128 Å². The summed E-state index contributed by atoms with van der Waals surface area (Å²) >= 11 is 0.958. The second kappa shape index (κ2) is 7.00. The van der Waals surface area contributed by atoms with Crippen LogP contribution in [-0.2, 0) is 40.2 Å². The summed E-state index contributed by atoms with van der Waals surface area (Å²) in [4.78, 5) is 21.7. The number of aromatic nitrogens is 2. The molecular weight excluding hydrogens is 422 g/mol. The lowest BCUT2D eigenvalue weighted by molar-refractivity contribution is 0.0783. The standard InChI is InChI=1S/C20H27N5O3S2/c1-19(2)9-8-12-15(11-6-5-7-13(11)23-16(12)19)24-18(26)25-30(21,28)14-10-22-17(29-14)20(3,4)27/h10,27H,5-9H2,1-4H3,(H3,21,23,24,25,26,28). The van der Waals surface area contributed by atoms with Gasteiger partial charge in [-0.1, -0.05) is 13.8 Å². The third kappa shape index (κ3) is 3.72. The van der Waals surface area contributed by atoms with Crippen LogP contribution in [-0.4, -0.2) is 25.3 Å². The first-order valence-corrected chi connectivity index (χ1v) is 12.4. The molecule has 4 rings (SSSR count). The molecule has 162 valence electrons. The molecule has 1 atom stereocenters. The molecule has 0 saturated carbocycles. The molecule has 0 aliphatic heterocycles. The van der Waals surface area contributed by atoms with Crippen LogP contribution in [0.1, 0.15) is 68.1 Å². The van der Waals surface area contributed by atoms with E-state index >= 15 is 0 Å². The molecule has 2 aliphatic carbocycles. The predicted octanol–water partition coefficient (Wildman–Crippen LogP) is 3.62. The number of rotatable bonds is 4. The Labute approximate surface area is 180 Å². The Hall–Kier alpha value is -2.04. The number of anilines is 1. The Morgan fingerprint density at radius 3 is 2.70 bits per heavy atom. The summed E-state index contributed by atoms with van der Waals surface area (Å²) < 4.78 is 23.5. The second-order valence-electron chi connectivity index (χ2n) is 9.13. The number of amides is 2. The summed E-state index contributed by atoms with van der Waals surface area (Å²) in [5.74, 6) is 0. The number of aliphatic hydroxyl groups is 1. The number of carbonyl (C=O) groups is 1. The van der Waals surface area contributed by atoms with Crippen LogP contribution in [0.15, 0.2) is 10.4 Å². The van der Waals surface area contributed by atoms with Gasteiger partial charge in [-0.15, -0.1) is 11.3 Å². The Kier molecular flexibility index (Phi) is 4.94. The maximum absolute atomic E-state index is 12.9. The number of hydrogen-bond acceptors (Lipinski definition) is 7. The number of hydrogen-bond donors (Lipinski definition) is 4. The SMILES string of the molecule is CC(C)(O)c1ncc(S(=N)(=O)NC(=O)Nc2c3c(nc4c2CCC4(C)C)CCC3)s1. The maximum atomic E-state index is 12.9. The number of thiazole rings is 1. The highest BCUT2D eigenvalue weighted by molar-refractivity contribution is 7.93. The lowest BCUT2D eigenvalue weighted by atomic mass is 9.90. The third-order valence-corrected chi connectivity index (χ3v) is 8.94. The molecule has 0 fully saturated rings. The quantitative estimate of drug-likeness (QED) is 0.567. The van der Waals surface area contributed by atoms with Crippen molar-refractivity contribution < 1.29 is 14.1 Å². The third-order valence-electron chi connectivity index (χ3n) is 5.73. The van der Waals surface area contributed by atoms with Crippen LogP contribution in [0, 0.1) is 4.78 Å². The van der Waals surface area contributed by atoms with Crippen molar-refractivity contribution in [2.24, 2.45) is 0 Å². The molecule has 0 bridgehead atoms. The average molecular weight is 450 g/mol. The fourth-order valence-electron chi connectivity index (χ4n) is 4.13. The van der Waals surface area contributed by atoms with Crippen molar-refractivity contribution in [1.29, 1.82) is 4.78 Å². The summed E-state index contributed by atoms with van der Waals surface area (Å²) in [6.45, 7) is 7.45. The minimum absolute atomic E-state index is 0.0427. The van der Waals surface area contributed by atoms with E-state index < -0.39 is 21.5 Å². The van der Waals surface area contributed by atoms with E-state index in [2.05, 4.69) is 28.9 Å². The highest BCUT2D eigenvalue weighted by atomic mass is 32.2. The Morgan fingerprint density at radius 2 is 2.03 bits per heavy atom. The van der Waals surface area contributed by atoms with Crippen LogP contribution in [0.5, 0.6) is 0 Å². The van der Waals surface area contributed by atoms with Crippen molar-refractivity contribution in [2.45, 2.75) is 75.0 Å². The largest absolute Gasteiger partial charge is 0.383 e. The molecule has 30 heavy (non-hydrogen) atoms. The highest BCUT2D eigenvalue weighted by Gasteiger charge is 2.36. The number of nitrogens with one attached hydrogen (secondary N) is 3. The summed E-state index contributed by atoms with van der Waals surface area (Å²) in [5, 5.41) is 13.3. The Bertz CT molecular complexity index is 1130. The number of fused-ring (bicyclic) bond motifs is 2. The molecule has 1 unspecified atom stereocenters. The molecule has 2 aromatic heterocycles. The number of nitrogens with zero attached hydrogens (tertiary/aromatic N) is 2. The van der Waals surface area contributed by atoms with Gasteiger partial charge in [0, 0.05) is 11.1 Å². The minimum atomic E-state index is -3.60. The second-order valence-corrected chi connectivity index (χ2v) is 12.2. The van der Waals surface area contributed by atoms with Crippen LogP contribution < -0.4 is 10.0 Å². The van der Waals surface area contributed by atoms with E-state index in [9.17, 15) is 14.1 Å². The molecule has 8 nitrogen and oxygen atoms in total. The molecule has 4 N–H and O–H groups in total. The van der Waals surface area contributed by atoms with Gasteiger partial charge in [0.2, 0.25) is 0 Å². The molecule has 0 radical (unpaired) electrons. The van der Waals surface area contributed by atoms with E-state index in [1.165, 1.54) is 6.20 Å². The van der Waals surface area contributed by atoms with Crippen molar-refractivity contribution in [2.75, 3.05) is 5.32 Å². The monoisotopic (exact) mass is 449 g/mol. The van der Waals surface area contributed by atoms with E-state index in [-0.39, 0.29) is 9.62 Å². The molecule has 2 amide bonds. The lowest BCUT2D eigenvalue weighted by Crippen LogP contribution is -2.34. The first-order chi connectivity index (χ1) is 13.9. The number of aryl methyl sites for hydroxylation is 1. The summed E-state index contributed by atoms with van der Waals surface area (Å²) in [5.41, 5.74) is 3.69.